The number of hydrogen-bond donors (Lipinski definition) is 13. The highest BCUT2D eigenvalue weighted by molar-refractivity contribution is 5.86. The van der Waals surface area contributed by atoms with E-state index in [-0.39, 0.29) is 111 Å². The number of aliphatic imine (C=N–C) groups is 2. The van der Waals surface area contributed by atoms with E-state index in [0.717, 1.165) is 13.0 Å². The van der Waals surface area contributed by atoms with Crippen molar-refractivity contribution in [1.82, 2.24) is 20.9 Å². The van der Waals surface area contributed by atoms with Gasteiger partial charge in [0.15, 0.2) is 30.2 Å². The zero-order valence-corrected chi connectivity index (χ0v) is 46.4. The van der Waals surface area contributed by atoms with Crippen molar-refractivity contribution in [3.63, 3.8) is 0 Å². The Morgan fingerprint density at radius 1 is 0.598 bits per heavy atom. The first-order valence-corrected chi connectivity index (χ1v) is 26.3. The lowest BCUT2D eigenvalue weighted by molar-refractivity contribution is -0.147. The fraction of sp³-hybridized carbons (Fsp3) is 0.750. The molecule has 0 aromatic carbocycles. The van der Waals surface area contributed by atoms with Crippen LogP contribution in [0.5, 0.6) is 0 Å². The van der Waals surface area contributed by atoms with Gasteiger partial charge in [-0.2, -0.15) is 0 Å². The zero-order chi connectivity index (χ0) is 60.8. The Bertz CT molecular complexity index is 2030. The topological polar surface area (TPSA) is 503 Å². The molecule has 82 heavy (non-hydrogen) atoms. The standard InChI is InChI=1S/C48H84N10O24/c1-4-71-15-16-77-23-24-78-22-17-72-10-5-37(64)58(8-13-75-20-18-73-11-6-53-47(69)81-40(33(62)27-59)39-29(2)31(56-45(49)50)25-35(79-39)43(65)66)9-14-76-21-19-74-12-7-54-48(70)82-41(34(63)28-60)42-38(55-30(3)61)32(57-46(51)52)26-36(80-42)44(67)68/h25-26,29,31-34,38-42,59-60,62-63H,4-24,27-28H2,1-3H3,(H,53,69)(H,54,70)(H,55,61)(H,65,66)(H,67,68)(H4,49,50,56)(H4,51,52,57)/t29-,31+,32+,33-,34-,38-,39-,40-,41-,42-/m1/s1. The maximum atomic E-state index is 13.3. The van der Waals surface area contributed by atoms with E-state index in [4.69, 9.17) is 79.8 Å². The number of aliphatic hydroxyl groups is 4. The van der Waals surface area contributed by atoms with Gasteiger partial charge in [0, 0.05) is 45.6 Å². The van der Waals surface area contributed by atoms with Crippen LogP contribution in [0.3, 0.4) is 0 Å². The van der Waals surface area contributed by atoms with Gasteiger partial charge in [-0.25, -0.2) is 29.2 Å². The average molecular weight is 1190 g/mol. The molecule has 4 amide bonds. The molecule has 2 aliphatic rings. The summed E-state index contributed by atoms with van der Waals surface area (Å²) in [6.07, 6.45) is -9.55. The number of hydrogen-bond acceptors (Lipinski definition) is 24. The highest BCUT2D eigenvalue weighted by Gasteiger charge is 2.47. The number of aliphatic hydroxyl groups excluding tert-OH is 4. The molecule has 10 atom stereocenters. The molecule has 0 saturated carbocycles. The minimum Gasteiger partial charge on any atom is -0.479 e. The summed E-state index contributed by atoms with van der Waals surface area (Å²) in [5.74, 6) is -6.63. The largest absolute Gasteiger partial charge is 0.479 e. The number of carbonyl (C=O) groups is 6. The van der Waals surface area contributed by atoms with Crippen LogP contribution in [-0.4, -0.2) is 283 Å². The summed E-state index contributed by atoms with van der Waals surface area (Å²) >= 11 is 0. The molecule has 0 bridgehead atoms. The first-order chi connectivity index (χ1) is 39.2. The molecule has 34 heteroatoms. The van der Waals surface area contributed by atoms with Crippen molar-refractivity contribution in [2.45, 2.75) is 81.9 Å². The summed E-state index contributed by atoms with van der Waals surface area (Å²) < 4.78 is 65.9. The number of nitrogens with one attached hydrogen (secondary N) is 3. The van der Waals surface area contributed by atoms with E-state index in [9.17, 15) is 59.4 Å². The van der Waals surface area contributed by atoms with Crippen molar-refractivity contribution >= 4 is 47.9 Å². The number of ether oxygens (including phenoxy) is 12. The summed E-state index contributed by atoms with van der Waals surface area (Å²) in [6.45, 7) is 6.48. The molecule has 0 fully saturated rings. The molecule has 2 heterocycles. The predicted octanol–water partition coefficient (Wildman–Crippen LogP) is -5.59. The lowest BCUT2D eigenvalue weighted by Crippen LogP contribution is -2.61. The predicted molar refractivity (Wildman–Crippen MR) is 283 cm³/mol. The van der Waals surface area contributed by atoms with E-state index < -0.39 is 121 Å². The number of aliphatic carboxylic acids is 2. The van der Waals surface area contributed by atoms with E-state index in [1.54, 1.807) is 6.92 Å². The monoisotopic (exact) mass is 1180 g/mol. The molecule has 0 aliphatic carbocycles. The van der Waals surface area contributed by atoms with E-state index in [1.807, 2.05) is 6.92 Å². The van der Waals surface area contributed by atoms with Crippen LogP contribution in [0.2, 0.25) is 0 Å². The normalized spacial score (nSPS) is 19.9. The van der Waals surface area contributed by atoms with Crippen LogP contribution in [0.1, 0.15) is 27.2 Å². The lowest BCUT2D eigenvalue weighted by Gasteiger charge is -2.39. The molecule has 2 rings (SSSR count). The van der Waals surface area contributed by atoms with Gasteiger partial charge in [0.25, 0.3) is 0 Å². The Morgan fingerprint density at radius 2 is 0.988 bits per heavy atom. The zero-order valence-electron chi connectivity index (χ0n) is 46.4. The number of alkyl carbamates (subject to hydrolysis) is 2. The number of carboxylic acid groups (broad SMARTS) is 2. The molecular formula is C48H84N10O24. The summed E-state index contributed by atoms with van der Waals surface area (Å²) in [5.41, 5.74) is 22.0. The SMILES string of the molecule is CCOCCOCCOCCOCCC(=O)N(CCOCCOCCNC(=O)O[C@@H]([C@@H]1OC(C(=O)O)=C[C@H](N=C(N)N)[C@H]1C)[C@H](O)CO)CCOCCOCCNC(=O)O[C@@H]([C@@H]1OC(C(=O)O)=C[C@H](N=C(N)N)[C@H]1NC(C)=O)[C@H](O)CO. The summed E-state index contributed by atoms with van der Waals surface area (Å²) in [4.78, 5) is 84.0. The van der Waals surface area contributed by atoms with Gasteiger partial charge in [-0.3, -0.25) is 9.59 Å². The molecule has 34 nitrogen and oxygen atoms in total. The first kappa shape index (κ1) is 71.7. The summed E-state index contributed by atoms with van der Waals surface area (Å²) in [6, 6.07) is -3.42. The Labute approximate surface area is 473 Å². The van der Waals surface area contributed by atoms with Crippen molar-refractivity contribution in [2.24, 2.45) is 38.8 Å². The van der Waals surface area contributed by atoms with Crippen molar-refractivity contribution in [2.75, 3.05) is 145 Å². The van der Waals surface area contributed by atoms with Gasteiger partial charge in [-0.15, -0.1) is 0 Å². The highest BCUT2D eigenvalue weighted by Crippen LogP contribution is 2.31. The van der Waals surface area contributed by atoms with Crippen LogP contribution in [-0.2, 0) is 76.0 Å². The molecule has 0 unspecified atom stereocenters. The minimum atomic E-state index is -1.82. The number of carboxylic acids is 2. The third-order valence-corrected chi connectivity index (χ3v) is 11.5. The lowest BCUT2D eigenvalue weighted by atomic mass is 9.87. The van der Waals surface area contributed by atoms with E-state index >= 15 is 0 Å². The summed E-state index contributed by atoms with van der Waals surface area (Å²) in [7, 11) is 0. The minimum absolute atomic E-state index is 0.00160. The third kappa shape index (κ3) is 29.0. The molecule has 0 radical (unpaired) electrons. The van der Waals surface area contributed by atoms with Gasteiger partial charge in [0.2, 0.25) is 23.3 Å². The second kappa shape index (κ2) is 41.5. The molecular weight excluding hydrogens is 1100 g/mol. The first-order valence-electron chi connectivity index (χ1n) is 26.3. The number of nitrogens with zero attached hydrogens (tertiary/aromatic N) is 3. The van der Waals surface area contributed by atoms with Gasteiger partial charge in [0.05, 0.1) is 137 Å². The van der Waals surface area contributed by atoms with Gasteiger partial charge >= 0.3 is 24.1 Å². The fourth-order valence-corrected chi connectivity index (χ4v) is 7.60. The maximum Gasteiger partial charge on any atom is 0.407 e. The van der Waals surface area contributed by atoms with Crippen LogP contribution in [0.4, 0.5) is 9.59 Å². The number of guanidine groups is 2. The average Bonchev–Trinajstić information content (AvgIpc) is 3.58. The van der Waals surface area contributed by atoms with Crippen LogP contribution < -0.4 is 38.9 Å². The quantitative estimate of drug-likeness (QED) is 0.0154. The molecule has 0 aromatic heterocycles. The van der Waals surface area contributed by atoms with Crippen LogP contribution >= 0.6 is 0 Å². The van der Waals surface area contributed by atoms with E-state index in [1.165, 1.54) is 11.0 Å². The number of rotatable bonds is 44. The van der Waals surface area contributed by atoms with Gasteiger partial charge in [-0.1, -0.05) is 6.92 Å². The molecule has 0 saturated heterocycles. The van der Waals surface area contributed by atoms with Crippen LogP contribution in [0.25, 0.3) is 0 Å². The molecule has 470 valence electrons. The fourth-order valence-electron chi connectivity index (χ4n) is 7.60. The van der Waals surface area contributed by atoms with Gasteiger partial charge in [0.1, 0.15) is 18.3 Å². The van der Waals surface area contributed by atoms with Crippen molar-refractivity contribution in [1.29, 1.82) is 0 Å². The molecule has 2 aliphatic heterocycles. The van der Waals surface area contributed by atoms with E-state index in [2.05, 4.69) is 25.9 Å². The Balaban J connectivity index is 1.84. The van der Waals surface area contributed by atoms with Gasteiger partial charge in [-0.05, 0) is 19.1 Å². The number of amides is 4. The van der Waals surface area contributed by atoms with Crippen molar-refractivity contribution in [3.8, 4) is 0 Å². The van der Waals surface area contributed by atoms with Crippen LogP contribution in [0, 0.1) is 5.92 Å². The molecule has 17 N–H and O–H groups in total. The second-order valence-corrected chi connectivity index (χ2v) is 17.7. The Morgan fingerprint density at radius 3 is 1.41 bits per heavy atom. The highest BCUT2D eigenvalue weighted by atomic mass is 16.6. The smallest absolute Gasteiger partial charge is 0.407 e. The molecule has 0 aromatic rings. The molecule has 0 spiro atoms. The number of carbonyl (C=O) groups excluding carboxylic acids is 4. The second-order valence-electron chi connectivity index (χ2n) is 17.7. The third-order valence-electron chi connectivity index (χ3n) is 11.5. The summed E-state index contributed by atoms with van der Waals surface area (Å²) in [5, 5.41) is 67.1. The van der Waals surface area contributed by atoms with Gasteiger partial charge < -0.3 is 131 Å². The van der Waals surface area contributed by atoms with Crippen molar-refractivity contribution < 1.29 is 116 Å². The number of nitrogens with two attached hydrogens (primary N) is 4. The van der Waals surface area contributed by atoms with Crippen LogP contribution in [0.15, 0.2) is 33.7 Å². The maximum absolute atomic E-state index is 13.3. The Hall–Kier alpha value is -6.44. The Kier molecular flexibility index (Phi) is 36.3. The van der Waals surface area contributed by atoms with Crippen molar-refractivity contribution in [3.05, 3.63) is 23.7 Å². The van der Waals surface area contributed by atoms with E-state index in [0.29, 0.717) is 39.6 Å².